The highest BCUT2D eigenvalue weighted by atomic mass is 14.8. The lowest BCUT2D eigenvalue weighted by atomic mass is 10.0. The molecule has 2 rings (SSSR count). The lowest BCUT2D eigenvalue weighted by Gasteiger charge is -2.09. The van der Waals surface area contributed by atoms with E-state index in [1.165, 1.54) is 22.3 Å². The van der Waals surface area contributed by atoms with Gasteiger partial charge in [-0.3, -0.25) is 0 Å². The lowest BCUT2D eigenvalue weighted by molar-refractivity contribution is 0.690. The van der Waals surface area contributed by atoms with Gasteiger partial charge in [-0.25, -0.2) is 0 Å². The van der Waals surface area contributed by atoms with Gasteiger partial charge in [-0.2, -0.15) is 0 Å². The number of benzene rings is 2. The topological polar surface area (TPSA) is 12.0 Å². The number of rotatable bonds is 5. The average molecular weight is 253 g/mol. The van der Waals surface area contributed by atoms with Gasteiger partial charge in [0.15, 0.2) is 0 Å². The summed E-state index contributed by atoms with van der Waals surface area (Å²) in [5.74, 6) is 0.606. The van der Waals surface area contributed by atoms with Crippen LogP contribution in [0.5, 0.6) is 0 Å². The second-order valence-electron chi connectivity index (χ2n) is 5.43. The first-order valence-corrected chi connectivity index (χ1v) is 7.01. The molecule has 0 radical (unpaired) electrons. The molecule has 0 heterocycles. The minimum absolute atomic E-state index is 0.606. The highest BCUT2D eigenvalue weighted by Gasteiger charge is 2.00. The van der Waals surface area contributed by atoms with Crippen molar-refractivity contribution in [2.24, 2.45) is 0 Å². The van der Waals surface area contributed by atoms with Gasteiger partial charge >= 0.3 is 0 Å². The van der Waals surface area contributed by atoms with Crippen molar-refractivity contribution < 1.29 is 0 Å². The highest BCUT2D eigenvalue weighted by Crippen LogP contribution is 2.14. The molecule has 0 aliphatic carbocycles. The second kappa shape index (κ2) is 6.53. The largest absolute Gasteiger partial charge is 0.309 e. The van der Waals surface area contributed by atoms with Crippen molar-refractivity contribution in [2.75, 3.05) is 0 Å². The Kier molecular flexibility index (Phi) is 4.75. The number of nitrogens with one attached hydrogen (secondary N) is 1. The van der Waals surface area contributed by atoms with Gasteiger partial charge in [-0.05, 0) is 35.1 Å². The summed E-state index contributed by atoms with van der Waals surface area (Å²) in [5.41, 5.74) is 5.48. The lowest BCUT2D eigenvalue weighted by Crippen LogP contribution is -2.13. The maximum Gasteiger partial charge on any atom is 0.0211 e. The molecule has 0 amide bonds. The van der Waals surface area contributed by atoms with Gasteiger partial charge in [0.05, 0.1) is 0 Å². The third-order valence-electron chi connectivity index (χ3n) is 3.55. The molecule has 1 N–H and O–H groups in total. The first-order chi connectivity index (χ1) is 9.16. The van der Waals surface area contributed by atoms with E-state index >= 15 is 0 Å². The van der Waals surface area contributed by atoms with Crippen LogP contribution in [0.4, 0.5) is 0 Å². The van der Waals surface area contributed by atoms with E-state index in [4.69, 9.17) is 0 Å². The molecule has 0 aliphatic heterocycles. The van der Waals surface area contributed by atoms with Gasteiger partial charge in [-0.15, -0.1) is 0 Å². The fraction of sp³-hybridized carbons (Fsp3) is 0.333. The van der Waals surface area contributed by atoms with Crippen LogP contribution in [0.25, 0.3) is 0 Å². The third-order valence-corrected chi connectivity index (χ3v) is 3.55. The second-order valence-corrected chi connectivity index (χ2v) is 5.43. The fourth-order valence-corrected chi connectivity index (χ4v) is 2.17. The number of aryl methyl sites for hydroxylation is 1. The van der Waals surface area contributed by atoms with Crippen molar-refractivity contribution in [1.82, 2.24) is 5.32 Å². The predicted molar refractivity (Wildman–Crippen MR) is 82.3 cm³/mol. The molecule has 0 fully saturated rings. The van der Waals surface area contributed by atoms with Gasteiger partial charge in [0.25, 0.3) is 0 Å². The van der Waals surface area contributed by atoms with Crippen molar-refractivity contribution in [3.8, 4) is 0 Å². The van der Waals surface area contributed by atoms with Gasteiger partial charge < -0.3 is 5.32 Å². The van der Waals surface area contributed by atoms with E-state index in [2.05, 4.69) is 74.6 Å². The minimum atomic E-state index is 0.606. The summed E-state index contributed by atoms with van der Waals surface area (Å²) in [7, 11) is 0. The Labute approximate surface area is 116 Å². The summed E-state index contributed by atoms with van der Waals surface area (Å²) < 4.78 is 0. The van der Waals surface area contributed by atoms with Gasteiger partial charge in [0, 0.05) is 13.1 Å². The molecular weight excluding hydrogens is 230 g/mol. The Balaban J connectivity index is 1.87. The molecular formula is C18H23N. The molecule has 0 aliphatic rings. The van der Waals surface area contributed by atoms with E-state index in [0.29, 0.717) is 5.92 Å². The summed E-state index contributed by atoms with van der Waals surface area (Å²) in [4.78, 5) is 0. The Bertz CT molecular complexity index is 511. The summed E-state index contributed by atoms with van der Waals surface area (Å²) in [5, 5.41) is 3.51. The molecule has 0 saturated carbocycles. The standard InChI is InChI=1S/C18H23N/c1-14(2)17-10-8-16(9-11-17)12-19-13-18-7-5-4-6-15(18)3/h4-11,14,19H,12-13H2,1-3H3. The average Bonchev–Trinajstić information content (AvgIpc) is 2.41. The van der Waals surface area contributed by atoms with Crippen LogP contribution < -0.4 is 5.32 Å². The first kappa shape index (κ1) is 13.8. The molecule has 0 atom stereocenters. The zero-order chi connectivity index (χ0) is 13.7. The van der Waals surface area contributed by atoms with Gasteiger partial charge in [-0.1, -0.05) is 62.4 Å². The molecule has 0 spiro atoms. The Hall–Kier alpha value is -1.60. The van der Waals surface area contributed by atoms with E-state index in [0.717, 1.165) is 13.1 Å². The number of hydrogen-bond donors (Lipinski definition) is 1. The monoisotopic (exact) mass is 253 g/mol. The van der Waals surface area contributed by atoms with Crippen molar-refractivity contribution in [1.29, 1.82) is 0 Å². The molecule has 2 aromatic rings. The molecule has 1 heteroatoms. The van der Waals surface area contributed by atoms with Crippen LogP contribution in [0.2, 0.25) is 0 Å². The van der Waals surface area contributed by atoms with E-state index in [1.807, 2.05) is 0 Å². The highest BCUT2D eigenvalue weighted by molar-refractivity contribution is 5.26. The van der Waals surface area contributed by atoms with Crippen LogP contribution in [0.3, 0.4) is 0 Å². The Morgan fingerprint density at radius 1 is 0.895 bits per heavy atom. The molecule has 19 heavy (non-hydrogen) atoms. The smallest absolute Gasteiger partial charge is 0.0211 e. The van der Waals surface area contributed by atoms with Gasteiger partial charge in [0.1, 0.15) is 0 Å². The molecule has 0 unspecified atom stereocenters. The van der Waals surface area contributed by atoms with Crippen molar-refractivity contribution in [3.63, 3.8) is 0 Å². The van der Waals surface area contributed by atoms with Crippen LogP contribution in [0.1, 0.15) is 42.0 Å². The fourth-order valence-electron chi connectivity index (χ4n) is 2.17. The summed E-state index contributed by atoms with van der Waals surface area (Å²) in [6, 6.07) is 17.4. The van der Waals surface area contributed by atoms with E-state index in [-0.39, 0.29) is 0 Å². The Morgan fingerprint density at radius 2 is 1.58 bits per heavy atom. The molecule has 2 aromatic carbocycles. The third kappa shape index (κ3) is 3.93. The molecule has 0 bridgehead atoms. The van der Waals surface area contributed by atoms with Crippen molar-refractivity contribution in [3.05, 3.63) is 70.8 Å². The molecule has 1 nitrogen and oxygen atoms in total. The van der Waals surface area contributed by atoms with Crippen LogP contribution >= 0.6 is 0 Å². The summed E-state index contributed by atoms with van der Waals surface area (Å²) in [6.07, 6.45) is 0. The SMILES string of the molecule is Cc1ccccc1CNCc1ccc(C(C)C)cc1. The van der Waals surface area contributed by atoms with E-state index in [9.17, 15) is 0 Å². The minimum Gasteiger partial charge on any atom is -0.309 e. The van der Waals surface area contributed by atoms with Crippen molar-refractivity contribution in [2.45, 2.75) is 39.8 Å². The van der Waals surface area contributed by atoms with Gasteiger partial charge in [0.2, 0.25) is 0 Å². The van der Waals surface area contributed by atoms with Crippen LogP contribution in [-0.4, -0.2) is 0 Å². The first-order valence-electron chi connectivity index (χ1n) is 7.01. The molecule has 0 aromatic heterocycles. The normalized spacial score (nSPS) is 10.9. The quantitative estimate of drug-likeness (QED) is 0.832. The zero-order valence-electron chi connectivity index (χ0n) is 12.1. The maximum absolute atomic E-state index is 3.51. The predicted octanol–water partition coefficient (Wildman–Crippen LogP) is 4.41. The molecule has 100 valence electrons. The van der Waals surface area contributed by atoms with Crippen LogP contribution in [0, 0.1) is 6.92 Å². The maximum atomic E-state index is 3.51. The van der Waals surface area contributed by atoms with E-state index in [1.54, 1.807) is 0 Å². The Morgan fingerprint density at radius 3 is 2.21 bits per heavy atom. The van der Waals surface area contributed by atoms with Crippen LogP contribution in [0.15, 0.2) is 48.5 Å². The summed E-state index contributed by atoms with van der Waals surface area (Å²) >= 11 is 0. The van der Waals surface area contributed by atoms with E-state index < -0.39 is 0 Å². The molecule has 0 saturated heterocycles. The van der Waals surface area contributed by atoms with Crippen LogP contribution in [-0.2, 0) is 13.1 Å². The number of hydrogen-bond acceptors (Lipinski definition) is 1. The zero-order valence-corrected chi connectivity index (χ0v) is 12.1. The summed E-state index contributed by atoms with van der Waals surface area (Å²) in [6.45, 7) is 8.47. The van der Waals surface area contributed by atoms with Crippen molar-refractivity contribution >= 4 is 0 Å².